The van der Waals surface area contributed by atoms with Gasteiger partial charge in [-0.15, -0.1) is 0 Å². The lowest BCUT2D eigenvalue weighted by atomic mass is 10.2. The third-order valence-corrected chi connectivity index (χ3v) is 2.74. The molecule has 0 unspecified atom stereocenters. The van der Waals surface area contributed by atoms with Crippen molar-refractivity contribution in [2.24, 2.45) is 0 Å². The Morgan fingerprint density at radius 1 is 1.20 bits per heavy atom. The van der Waals surface area contributed by atoms with E-state index < -0.39 is 11.8 Å². The molecule has 0 atom stereocenters. The van der Waals surface area contributed by atoms with Gasteiger partial charge >= 0.3 is 6.03 Å². The number of halogens is 2. The highest BCUT2D eigenvalue weighted by Crippen LogP contribution is 2.23. The average molecular weight is 290 g/mol. The minimum atomic E-state index is -0.554. The van der Waals surface area contributed by atoms with Crippen LogP contribution in [0.4, 0.5) is 20.6 Å². The standard InChI is InChI=1S/C14H9ClFN3O/c15-12-6-9(8-17)4-5-13(12)19-14(20)18-11-3-1-2-10(16)7-11/h1-7H,(H2,18,19,20). The van der Waals surface area contributed by atoms with E-state index in [9.17, 15) is 9.18 Å². The Labute approximate surface area is 119 Å². The number of carbonyl (C=O) groups excluding carboxylic acids is 1. The largest absolute Gasteiger partial charge is 0.323 e. The molecule has 0 aliphatic carbocycles. The van der Waals surface area contributed by atoms with E-state index in [4.69, 9.17) is 16.9 Å². The zero-order chi connectivity index (χ0) is 14.5. The van der Waals surface area contributed by atoms with Crippen molar-refractivity contribution in [3.8, 4) is 6.07 Å². The highest BCUT2D eigenvalue weighted by Gasteiger charge is 2.07. The monoisotopic (exact) mass is 289 g/mol. The molecular formula is C14H9ClFN3O. The first-order valence-corrected chi connectivity index (χ1v) is 5.99. The average Bonchev–Trinajstić information content (AvgIpc) is 2.41. The number of benzene rings is 2. The van der Waals surface area contributed by atoms with Gasteiger partial charge in [0.1, 0.15) is 5.82 Å². The van der Waals surface area contributed by atoms with Crippen molar-refractivity contribution >= 4 is 29.0 Å². The Morgan fingerprint density at radius 3 is 2.65 bits per heavy atom. The summed E-state index contributed by atoms with van der Waals surface area (Å²) in [4.78, 5) is 11.7. The van der Waals surface area contributed by atoms with Crippen LogP contribution in [0.5, 0.6) is 0 Å². The zero-order valence-corrected chi connectivity index (χ0v) is 10.9. The molecule has 6 heteroatoms. The van der Waals surface area contributed by atoms with Gasteiger partial charge in [-0.3, -0.25) is 0 Å². The molecule has 4 nitrogen and oxygen atoms in total. The van der Waals surface area contributed by atoms with Crippen molar-refractivity contribution in [1.82, 2.24) is 0 Å². The quantitative estimate of drug-likeness (QED) is 0.878. The van der Waals surface area contributed by atoms with E-state index in [2.05, 4.69) is 10.6 Å². The first kappa shape index (κ1) is 13.8. The van der Waals surface area contributed by atoms with Gasteiger partial charge in [-0.1, -0.05) is 17.7 Å². The summed E-state index contributed by atoms with van der Waals surface area (Å²) in [5, 5.41) is 13.9. The highest BCUT2D eigenvalue weighted by atomic mass is 35.5. The Hall–Kier alpha value is -2.58. The summed E-state index contributed by atoms with van der Waals surface area (Å²) in [6, 6.07) is 11.4. The predicted molar refractivity (Wildman–Crippen MR) is 75.2 cm³/mol. The Morgan fingerprint density at radius 2 is 2.00 bits per heavy atom. The summed E-state index contributed by atoms with van der Waals surface area (Å²) in [5.41, 5.74) is 1.08. The molecule has 0 aromatic heterocycles. The molecule has 0 aliphatic rings. The molecule has 0 fully saturated rings. The molecule has 0 aliphatic heterocycles. The molecule has 2 rings (SSSR count). The fourth-order valence-electron chi connectivity index (χ4n) is 1.54. The number of amides is 2. The Bertz CT molecular complexity index is 697. The maximum absolute atomic E-state index is 13.0. The zero-order valence-electron chi connectivity index (χ0n) is 10.2. The van der Waals surface area contributed by atoms with Gasteiger partial charge in [-0.2, -0.15) is 5.26 Å². The Balaban J connectivity index is 2.07. The van der Waals surface area contributed by atoms with Crippen molar-refractivity contribution in [3.63, 3.8) is 0 Å². The van der Waals surface area contributed by atoms with Gasteiger partial charge in [0.25, 0.3) is 0 Å². The van der Waals surface area contributed by atoms with E-state index in [1.54, 1.807) is 6.07 Å². The van der Waals surface area contributed by atoms with Crippen LogP contribution < -0.4 is 10.6 Å². The van der Waals surface area contributed by atoms with Crippen LogP contribution in [0.25, 0.3) is 0 Å². The van der Waals surface area contributed by atoms with Crippen molar-refractivity contribution in [2.75, 3.05) is 10.6 Å². The maximum atomic E-state index is 13.0. The van der Waals surface area contributed by atoms with Crippen LogP contribution in [0.15, 0.2) is 42.5 Å². The number of hydrogen-bond acceptors (Lipinski definition) is 2. The molecule has 0 spiro atoms. The fraction of sp³-hybridized carbons (Fsp3) is 0. The van der Waals surface area contributed by atoms with E-state index in [0.29, 0.717) is 16.9 Å². The van der Waals surface area contributed by atoms with Gasteiger partial charge in [0.15, 0.2) is 0 Å². The number of nitriles is 1. The van der Waals surface area contributed by atoms with Gasteiger partial charge in [0.05, 0.1) is 22.3 Å². The molecule has 0 heterocycles. The first-order chi connectivity index (χ1) is 9.58. The molecule has 0 saturated heterocycles. The molecule has 0 bridgehead atoms. The topological polar surface area (TPSA) is 64.9 Å². The lowest BCUT2D eigenvalue weighted by Crippen LogP contribution is -2.19. The number of nitrogens with one attached hydrogen (secondary N) is 2. The number of rotatable bonds is 2. The van der Waals surface area contributed by atoms with Crippen LogP contribution in [-0.2, 0) is 0 Å². The SMILES string of the molecule is N#Cc1ccc(NC(=O)Nc2cccc(F)c2)c(Cl)c1. The van der Waals surface area contributed by atoms with Gasteiger partial charge in [0, 0.05) is 5.69 Å². The lowest BCUT2D eigenvalue weighted by molar-refractivity contribution is 0.262. The van der Waals surface area contributed by atoms with Crippen LogP contribution in [0.1, 0.15) is 5.56 Å². The van der Waals surface area contributed by atoms with Crippen molar-refractivity contribution in [3.05, 3.63) is 58.9 Å². The summed E-state index contributed by atoms with van der Waals surface area (Å²) in [6.45, 7) is 0. The number of urea groups is 1. The smallest absolute Gasteiger partial charge is 0.308 e. The second-order valence-electron chi connectivity index (χ2n) is 3.90. The molecule has 20 heavy (non-hydrogen) atoms. The molecule has 100 valence electrons. The van der Waals surface area contributed by atoms with Crippen LogP contribution in [0.2, 0.25) is 5.02 Å². The summed E-state index contributed by atoms with van der Waals surface area (Å²) < 4.78 is 13.0. The van der Waals surface area contributed by atoms with Gasteiger partial charge in [0.2, 0.25) is 0 Å². The summed E-state index contributed by atoms with van der Waals surface area (Å²) >= 11 is 5.93. The molecule has 0 saturated carbocycles. The van der Waals surface area contributed by atoms with Gasteiger partial charge < -0.3 is 10.6 Å². The first-order valence-electron chi connectivity index (χ1n) is 5.62. The van der Waals surface area contributed by atoms with Gasteiger partial charge in [-0.05, 0) is 36.4 Å². The summed E-state index contributed by atoms with van der Waals surface area (Å²) in [7, 11) is 0. The molecular weight excluding hydrogens is 281 g/mol. The molecule has 2 aromatic rings. The van der Waals surface area contributed by atoms with Crippen LogP contribution in [0.3, 0.4) is 0 Å². The third-order valence-electron chi connectivity index (χ3n) is 2.43. The minimum Gasteiger partial charge on any atom is -0.308 e. The lowest BCUT2D eigenvalue weighted by Gasteiger charge is -2.09. The number of anilines is 2. The second-order valence-corrected chi connectivity index (χ2v) is 4.30. The van der Waals surface area contributed by atoms with Crippen LogP contribution >= 0.6 is 11.6 Å². The predicted octanol–water partition coefficient (Wildman–Crippen LogP) is 3.99. The van der Waals surface area contributed by atoms with Crippen LogP contribution in [0, 0.1) is 17.1 Å². The molecule has 2 amide bonds. The third kappa shape index (κ3) is 3.46. The Kier molecular flexibility index (Phi) is 4.18. The molecule has 0 radical (unpaired) electrons. The number of nitrogens with zero attached hydrogens (tertiary/aromatic N) is 1. The van der Waals surface area contributed by atoms with E-state index >= 15 is 0 Å². The van der Waals surface area contributed by atoms with Crippen molar-refractivity contribution in [2.45, 2.75) is 0 Å². The molecule has 2 aromatic carbocycles. The van der Waals surface area contributed by atoms with E-state index in [0.717, 1.165) is 0 Å². The fourth-order valence-corrected chi connectivity index (χ4v) is 1.76. The number of hydrogen-bond donors (Lipinski definition) is 2. The normalized spacial score (nSPS) is 9.65. The highest BCUT2D eigenvalue weighted by molar-refractivity contribution is 6.33. The molecule has 2 N–H and O–H groups in total. The van der Waals surface area contributed by atoms with Gasteiger partial charge in [-0.25, -0.2) is 9.18 Å². The maximum Gasteiger partial charge on any atom is 0.323 e. The second kappa shape index (κ2) is 6.04. The van der Waals surface area contributed by atoms with Crippen molar-refractivity contribution in [1.29, 1.82) is 5.26 Å². The van der Waals surface area contributed by atoms with Crippen LogP contribution in [-0.4, -0.2) is 6.03 Å². The van der Waals surface area contributed by atoms with E-state index in [1.807, 2.05) is 6.07 Å². The summed E-state index contributed by atoms with van der Waals surface area (Å²) in [5.74, 6) is -0.445. The minimum absolute atomic E-state index is 0.249. The summed E-state index contributed by atoms with van der Waals surface area (Å²) in [6.07, 6.45) is 0. The van der Waals surface area contributed by atoms with E-state index in [-0.39, 0.29) is 5.02 Å². The number of carbonyl (C=O) groups is 1. The van der Waals surface area contributed by atoms with Crippen molar-refractivity contribution < 1.29 is 9.18 Å². The van der Waals surface area contributed by atoms with E-state index in [1.165, 1.54) is 36.4 Å².